The van der Waals surface area contributed by atoms with Crippen LogP contribution in [0.2, 0.25) is 0 Å². The lowest BCUT2D eigenvalue weighted by Crippen LogP contribution is -2.34. The normalized spacial score (nSPS) is 12.9. The van der Waals surface area contributed by atoms with Gasteiger partial charge in [0, 0.05) is 12.1 Å². The molecule has 130 valence electrons. The van der Waals surface area contributed by atoms with Crippen molar-refractivity contribution in [1.29, 1.82) is 0 Å². The van der Waals surface area contributed by atoms with Crippen LogP contribution in [0.5, 0.6) is 5.75 Å². The molecule has 0 unspecified atom stereocenters. The number of carbonyl (C=O) groups is 1. The first-order valence-corrected chi connectivity index (χ1v) is 8.03. The van der Waals surface area contributed by atoms with E-state index in [2.05, 4.69) is 10.1 Å². The Labute approximate surface area is 141 Å². The number of alkyl halides is 3. The number of rotatable bonds is 6. The minimum Gasteiger partial charge on any atom is -0.406 e. The summed E-state index contributed by atoms with van der Waals surface area (Å²) >= 11 is 1.58. The molecule has 0 aliphatic heterocycles. The van der Waals surface area contributed by atoms with Gasteiger partial charge in [0.15, 0.2) is 0 Å². The lowest BCUT2D eigenvalue weighted by molar-refractivity contribution is -0.274. The van der Waals surface area contributed by atoms with Crippen LogP contribution in [0.15, 0.2) is 41.1 Å². The van der Waals surface area contributed by atoms with Crippen molar-refractivity contribution in [2.24, 2.45) is 0 Å². The third-order valence-electron chi connectivity index (χ3n) is 3.36. The van der Waals surface area contributed by atoms with Gasteiger partial charge in [-0.1, -0.05) is 0 Å². The summed E-state index contributed by atoms with van der Waals surface area (Å²) in [7, 11) is 3.83. The molecule has 2 rings (SSSR count). The van der Waals surface area contributed by atoms with Gasteiger partial charge in [-0.15, -0.1) is 13.2 Å². The van der Waals surface area contributed by atoms with Crippen LogP contribution >= 0.6 is 11.3 Å². The van der Waals surface area contributed by atoms with Gasteiger partial charge in [-0.2, -0.15) is 11.3 Å². The first-order valence-electron chi connectivity index (χ1n) is 7.09. The number of halogens is 3. The Bertz CT molecular complexity index is 655. The fourth-order valence-corrected chi connectivity index (χ4v) is 2.87. The lowest BCUT2D eigenvalue weighted by atomic mass is 10.1. The van der Waals surface area contributed by atoms with E-state index in [4.69, 9.17) is 0 Å². The molecule has 0 radical (unpaired) electrons. The third kappa shape index (κ3) is 5.24. The SMILES string of the molecule is CN(C)[C@@H](CNC(=O)c1ccc(OC(F)(F)F)cc1)c1ccsc1. The van der Waals surface area contributed by atoms with Crippen molar-refractivity contribution in [2.75, 3.05) is 20.6 Å². The molecule has 0 saturated heterocycles. The molecule has 1 aromatic heterocycles. The van der Waals surface area contributed by atoms with Crippen molar-refractivity contribution in [3.05, 3.63) is 52.2 Å². The molecule has 1 amide bonds. The summed E-state index contributed by atoms with van der Waals surface area (Å²) in [5.41, 5.74) is 1.37. The van der Waals surface area contributed by atoms with Crippen molar-refractivity contribution in [1.82, 2.24) is 10.2 Å². The average molecular weight is 358 g/mol. The monoisotopic (exact) mass is 358 g/mol. The summed E-state index contributed by atoms with van der Waals surface area (Å²) in [6.07, 6.45) is -4.75. The second-order valence-corrected chi connectivity index (χ2v) is 6.10. The zero-order valence-corrected chi connectivity index (χ0v) is 13.9. The highest BCUT2D eigenvalue weighted by Gasteiger charge is 2.31. The van der Waals surface area contributed by atoms with Crippen LogP contribution in [-0.4, -0.2) is 37.8 Å². The number of benzene rings is 1. The highest BCUT2D eigenvalue weighted by atomic mass is 32.1. The molecule has 0 aliphatic carbocycles. The topological polar surface area (TPSA) is 41.6 Å². The molecule has 0 spiro atoms. The van der Waals surface area contributed by atoms with Crippen LogP contribution in [0.3, 0.4) is 0 Å². The van der Waals surface area contributed by atoms with Crippen molar-refractivity contribution in [3.63, 3.8) is 0 Å². The van der Waals surface area contributed by atoms with E-state index in [-0.39, 0.29) is 23.3 Å². The number of likely N-dealkylation sites (N-methyl/N-ethyl adjacent to an activating group) is 1. The zero-order valence-electron chi connectivity index (χ0n) is 13.1. The second kappa shape index (κ2) is 7.67. The van der Waals surface area contributed by atoms with E-state index in [0.29, 0.717) is 6.54 Å². The molecule has 1 atom stereocenters. The van der Waals surface area contributed by atoms with E-state index in [1.165, 1.54) is 12.1 Å². The second-order valence-electron chi connectivity index (χ2n) is 5.32. The molecule has 0 saturated carbocycles. The predicted octanol–water partition coefficient (Wildman–Crippen LogP) is 3.68. The van der Waals surface area contributed by atoms with Crippen molar-refractivity contribution >= 4 is 17.2 Å². The van der Waals surface area contributed by atoms with Crippen molar-refractivity contribution < 1.29 is 22.7 Å². The van der Waals surface area contributed by atoms with Crippen LogP contribution in [0, 0.1) is 0 Å². The summed E-state index contributed by atoms with van der Waals surface area (Å²) in [6.45, 7) is 0.392. The maximum absolute atomic E-state index is 12.1. The number of ether oxygens (including phenoxy) is 1. The van der Waals surface area contributed by atoms with Gasteiger partial charge in [0.05, 0.1) is 6.04 Å². The van der Waals surface area contributed by atoms with E-state index < -0.39 is 6.36 Å². The number of amides is 1. The van der Waals surface area contributed by atoms with Crippen molar-refractivity contribution in [2.45, 2.75) is 12.4 Å². The maximum Gasteiger partial charge on any atom is 0.573 e. The summed E-state index contributed by atoms with van der Waals surface area (Å²) in [5, 5.41) is 6.78. The van der Waals surface area contributed by atoms with Crippen molar-refractivity contribution in [3.8, 4) is 5.75 Å². The van der Waals surface area contributed by atoms with Gasteiger partial charge in [-0.05, 0) is 60.8 Å². The standard InChI is InChI=1S/C16H17F3N2O2S/c1-21(2)14(12-7-8-24-10-12)9-20-15(22)11-3-5-13(6-4-11)23-16(17,18)19/h3-8,10,14H,9H2,1-2H3,(H,20,22)/t14-/m0/s1. The summed E-state index contributed by atoms with van der Waals surface area (Å²) in [5.74, 6) is -0.709. The Kier molecular flexibility index (Phi) is 5.84. The van der Waals surface area contributed by atoms with E-state index in [0.717, 1.165) is 17.7 Å². The number of nitrogens with one attached hydrogen (secondary N) is 1. The number of hydrogen-bond acceptors (Lipinski definition) is 4. The van der Waals surface area contributed by atoms with Gasteiger partial charge in [0.25, 0.3) is 5.91 Å². The van der Waals surface area contributed by atoms with E-state index >= 15 is 0 Å². The Morgan fingerprint density at radius 3 is 2.42 bits per heavy atom. The van der Waals surface area contributed by atoms with Crippen LogP contribution in [-0.2, 0) is 0 Å². The number of hydrogen-bond donors (Lipinski definition) is 1. The van der Waals surface area contributed by atoms with E-state index in [1.54, 1.807) is 11.3 Å². The predicted molar refractivity (Wildman–Crippen MR) is 86.2 cm³/mol. The maximum atomic E-state index is 12.1. The average Bonchev–Trinajstić information content (AvgIpc) is 3.00. The molecule has 0 aliphatic rings. The third-order valence-corrected chi connectivity index (χ3v) is 4.06. The molecule has 1 N–H and O–H groups in total. The quantitative estimate of drug-likeness (QED) is 0.857. The molecule has 0 fully saturated rings. The van der Waals surface area contributed by atoms with Gasteiger partial charge in [0.2, 0.25) is 0 Å². The smallest absolute Gasteiger partial charge is 0.406 e. The molecular weight excluding hydrogens is 341 g/mol. The Morgan fingerprint density at radius 1 is 1.25 bits per heavy atom. The minimum absolute atomic E-state index is 0.0213. The summed E-state index contributed by atoms with van der Waals surface area (Å²) in [4.78, 5) is 14.1. The van der Waals surface area contributed by atoms with Crippen LogP contribution < -0.4 is 10.1 Å². The first-order chi connectivity index (χ1) is 11.3. The lowest BCUT2D eigenvalue weighted by Gasteiger charge is -2.24. The van der Waals surface area contributed by atoms with E-state index in [1.807, 2.05) is 35.8 Å². The summed E-state index contributed by atoms with van der Waals surface area (Å²) < 4.78 is 40.1. The molecular formula is C16H17F3N2O2S. The number of thiophene rings is 1. The summed E-state index contributed by atoms with van der Waals surface area (Å²) in [6, 6.07) is 6.84. The highest BCUT2D eigenvalue weighted by molar-refractivity contribution is 7.07. The van der Waals surface area contributed by atoms with Gasteiger partial charge in [-0.3, -0.25) is 4.79 Å². The van der Waals surface area contributed by atoms with Gasteiger partial charge in [0.1, 0.15) is 5.75 Å². The molecule has 4 nitrogen and oxygen atoms in total. The fraction of sp³-hybridized carbons (Fsp3) is 0.312. The number of nitrogens with zero attached hydrogens (tertiary/aromatic N) is 1. The minimum atomic E-state index is -4.75. The van der Waals surface area contributed by atoms with Crippen LogP contribution in [0.25, 0.3) is 0 Å². The van der Waals surface area contributed by atoms with Gasteiger partial charge in [-0.25, -0.2) is 0 Å². The highest BCUT2D eigenvalue weighted by Crippen LogP contribution is 2.23. The molecule has 0 bridgehead atoms. The molecule has 24 heavy (non-hydrogen) atoms. The fourth-order valence-electron chi connectivity index (χ4n) is 2.16. The Hall–Kier alpha value is -2.06. The zero-order chi connectivity index (χ0) is 17.7. The van der Waals surface area contributed by atoms with Crippen LogP contribution in [0.4, 0.5) is 13.2 Å². The molecule has 1 heterocycles. The largest absolute Gasteiger partial charge is 0.573 e. The van der Waals surface area contributed by atoms with Gasteiger partial charge >= 0.3 is 6.36 Å². The first kappa shape index (κ1) is 18.3. The number of carbonyl (C=O) groups excluding carboxylic acids is 1. The molecule has 8 heteroatoms. The molecule has 2 aromatic rings. The van der Waals surface area contributed by atoms with Gasteiger partial charge < -0.3 is 15.0 Å². The Balaban J connectivity index is 1.96. The van der Waals surface area contributed by atoms with E-state index in [9.17, 15) is 18.0 Å². The molecule has 1 aromatic carbocycles. The van der Waals surface area contributed by atoms with Crippen LogP contribution in [0.1, 0.15) is 22.0 Å². The Morgan fingerprint density at radius 2 is 1.92 bits per heavy atom.